The van der Waals surface area contributed by atoms with E-state index in [-0.39, 0.29) is 12.5 Å². The lowest BCUT2D eigenvalue weighted by Gasteiger charge is -2.10. The van der Waals surface area contributed by atoms with Crippen LogP contribution in [0.25, 0.3) is 11.1 Å². The molecule has 1 unspecified atom stereocenters. The lowest BCUT2D eigenvalue weighted by molar-refractivity contribution is 0.0950. The van der Waals surface area contributed by atoms with Gasteiger partial charge < -0.3 is 14.8 Å². The van der Waals surface area contributed by atoms with Gasteiger partial charge in [-0.1, -0.05) is 12.1 Å². The van der Waals surface area contributed by atoms with Crippen molar-refractivity contribution in [3.63, 3.8) is 0 Å². The molecule has 1 N–H and O–H groups in total. The maximum Gasteiger partial charge on any atom is 0.251 e. The highest BCUT2D eigenvalue weighted by Crippen LogP contribution is 2.30. The number of halogens is 1. The third-order valence-corrected chi connectivity index (χ3v) is 7.00. The lowest BCUT2D eigenvalue weighted by Crippen LogP contribution is -2.23. The Morgan fingerprint density at radius 2 is 2.03 bits per heavy atom. The van der Waals surface area contributed by atoms with Crippen LogP contribution in [-0.4, -0.2) is 34.6 Å². The fourth-order valence-corrected chi connectivity index (χ4v) is 5.03. The van der Waals surface area contributed by atoms with E-state index in [1.165, 1.54) is 0 Å². The molecule has 31 heavy (non-hydrogen) atoms. The molecule has 0 spiro atoms. The quantitative estimate of drug-likeness (QED) is 0.570. The summed E-state index contributed by atoms with van der Waals surface area (Å²) in [5.74, 6) is 0.971. The van der Waals surface area contributed by atoms with E-state index in [1.54, 1.807) is 25.4 Å². The molecule has 1 atom stereocenters. The molecule has 0 saturated carbocycles. The zero-order chi connectivity index (χ0) is 21.8. The highest BCUT2D eigenvalue weighted by Gasteiger charge is 2.17. The largest absolute Gasteiger partial charge is 0.496 e. The third-order valence-electron chi connectivity index (χ3n) is 4.98. The Labute approximate surface area is 191 Å². The van der Waals surface area contributed by atoms with Gasteiger partial charge in [0.15, 0.2) is 0 Å². The highest BCUT2D eigenvalue weighted by molar-refractivity contribution is 9.10. The summed E-state index contributed by atoms with van der Waals surface area (Å²) in [4.78, 5) is 17.7. The Morgan fingerprint density at radius 3 is 2.84 bits per heavy atom. The van der Waals surface area contributed by atoms with Crippen molar-refractivity contribution in [2.75, 3.05) is 19.5 Å². The second kappa shape index (κ2) is 9.72. The van der Waals surface area contributed by atoms with Crippen molar-refractivity contribution in [1.82, 2.24) is 10.3 Å². The average molecular weight is 501 g/mol. The van der Waals surface area contributed by atoms with Crippen molar-refractivity contribution in [1.29, 1.82) is 0 Å². The molecular weight excluding hydrogens is 480 g/mol. The molecule has 4 rings (SSSR count). The molecule has 160 valence electrons. The van der Waals surface area contributed by atoms with E-state index in [4.69, 9.17) is 9.47 Å². The number of ether oxygens (including phenoxy) is 2. The van der Waals surface area contributed by atoms with E-state index < -0.39 is 10.8 Å². The fraction of sp³-hybridized carbons (Fsp3) is 0.217. The van der Waals surface area contributed by atoms with Gasteiger partial charge in [-0.25, -0.2) is 0 Å². The zero-order valence-electron chi connectivity index (χ0n) is 16.9. The number of carbonyl (C=O) groups is 1. The van der Waals surface area contributed by atoms with Crippen molar-refractivity contribution in [3.8, 4) is 16.9 Å². The van der Waals surface area contributed by atoms with Crippen LogP contribution in [0.2, 0.25) is 0 Å². The number of aromatic nitrogens is 1. The number of nitrogens with zero attached hydrogens (tertiary/aromatic N) is 1. The highest BCUT2D eigenvalue weighted by atomic mass is 79.9. The number of methoxy groups -OCH3 is 1. The minimum absolute atomic E-state index is 0.232. The van der Waals surface area contributed by atoms with Crippen LogP contribution in [0.4, 0.5) is 0 Å². The van der Waals surface area contributed by atoms with Crippen LogP contribution in [0.3, 0.4) is 0 Å². The molecule has 0 radical (unpaired) electrons. The molecule has 2 aromatic carbocycles. The third kappa shape index (κ3) is 5.03. The molecule has 1 aromatic heterocycles. The first-order valence-electron chi connectivity index (χ1n) is 9.71. The van der Waals surface area contributed by atoms with Crippen LogP contribution in [0.5, 0.6) is 5.75 Å². The summed E-state index contributed by atoms with van der Waals surface area (Å²) in [5.41, 5.74) is 4.09. The van der Waals surface area contributed by atoms with Crippen LogP contribution in [0.1, 0.15) is 21.6 Å². The summed E-state index contributed by atoms with van der Waals surface area (Å²) in [6.07, 6.45) is 1.72. The summed E-state index contributed by atoms with van der Waals surface area (Å²) in [5, 5.41) is 2.90. The van der Waals surface area contributed by atoms with Crippen molar-refractivity contribution < 1.29 is 18.5 Å². The first-order chi connectivity index (χ1) is 15.0. The number of hydrogen-bond acceptors (Lipinski definition) is 5. The van der Waals surface area contributed by atoms with Crippen LogP contribution >= 0.6 is 15.9 Å². The minimum Gasteiger partial charge on any atom is -0.496 e. The van der Waals surface area contributed by atoms with E-state index in [0.717, 1.165) is 32.6 Å². The van der Waals surface area contributed by atoms with Crippen molar-refractivity contribution >= 4 is 32.6 Å². The zero-order valence-corrected chi connectivity index (χ0v) is 19.3. The average Bonchev–Trinajstić information content (AvgIpc) is 2.98. The molecule has 1 aliphatic rings. The molecule has 2 heterocycles. The van der Waals surface area contributed by atoms with Crippen LogP contribution < -0.4 is 10.1 Å². The number of rotatable bonds is 5. The Bertz CT molecular complexity index is 1150. The predicted molar refractivity (Wildman–Crippen MR) is 122 cm³/mol. The molecular formula is C23H21BrN2O4S. The minimum atomic E-state index is -1.16. The van der Waals surface area contributed by atoms with Crippen molar-refractivity contribution in [2.24, 2.45) is 0 Å². The molecule has 0 fully saturated rings. The summed E-state index contributed by atoms with van der Waals surface area (Å²) >= 11 is 3.51. The van der Waals surface area contributed by atoms with Gasteiger partial charge in [-0.05, 0) is 69.0 Å². The van der Waals surface area contributed by atoms with Gasteiger partial charge in [-0.15, -0.1) is 0 Å². The normalized spacial score (nSPS) is 15.6. The summed E-state index contributed by atoms with van der Waals surface area (Å²) < 4.78 is 24.0. The second-order valence-electron chi connectivity index (χ2n) is 6.99. The first kappa shape index (κ1) is 21.7. The van der Waals surface area contributed by atoms with E-state index in [9.17, 15) is 9.00 Å². The summed E-state index contributed by atoms with van der Waals surface area (Å²) in [6.45, 7) is 1.16. The van der Waals surface area contributed by atoms with E-state index in [1.807, 2.05) is 36.4 Å². The SMILES string of the molecule is COc1ccc(-c2ccnc(CNC(=O)c3ccc4c(c3)S(=O)CCOC4)c2)cc1Br. The Balaban J connectivity index is 1.47. The molecule has 3 aromatic rings. The second-order valence-corrected chi connectivity index (χ2v) is 9.39. The number of amides is 1. The standard InChI is InChI=1S/C23H21BrN2O4S/c1-29-21-5-4-15(11-20(21)24)16-6-7-25-19(10-16)13-26-23(27)17-2-3-18-14-30-8-9-31(28)22(18)12-17/h2-7,10-12H,8-9,13-14H2,1H3,(H,26,27). The molecule has 0 aliphatic carbocycles. The van der Waals surface area contributed by atoms with Gasteiger partial charge >= 0.3 is 0 Å². The van der Waals surface area contributed by atoms with Crippen LogP contribution in [0, 0.1) is 0 Å². The van der Waals surface area contributed by atoms with Crippen molar-refractivity contribution in [3.05, 3.63) is 76.0 Å². The molecule has 0 bridgehead atoms. The van der Waals surface area contributed by atoms with Gasteiger partial charge in [-0.3, -0.25) is 14.0 Å². The number of nitrogens with one attached hydrogen (secondary N) is 1. The molecule has 6 nitrogen and oxygen atoms in total. The smallest absolute Gasteiger partial charge is 0.251 e. The van der Waals surface area contributed by atoms with Gasteiger partial charge in [0.05, 0.1) is 53.6 Å². The fourth-order valence-electron chi connectivity index (χ4n) is 3.33. The molecule has 0 saturated heterocycles. The predicted octanol–water partition coefficient (Wildman–Crippen LogP) is 4.09. The van der Waals surface area contributed by atoms with Gasteiger partial charge in [0.2, 0.25) is 0 Å². The van der Waals surface area contributed by atoms with Gasteiger partial charge in [0, 0.05) is 16.7 Å². The Kier molecular flexibility index (Phi) is 6.80. The van der Waals surface area contributed by atoms with Crippen LogP contribution in [-0.2, 0) is 28.7 Å². The first-order valence-corrected chi connectivity index (χ1v) is 11.8. The van der Waals surface area contributed by atoms with E-state index in [0.29, 0.717) is 29.4 Å². The van der Waals surface area contributed by atoms with E-state index >= 15 is 0 Å². The topological polar surface area (TPSA) is 77.5 Å². The van der Waals surface area contributed by atoms with Crippen molar-refractivity contribution in [2.45, 2.75) is 18.0 Å². The number of benzene rings is 2. The molecule has 1 aliphatic heterocycles. The summed E-state index contributed by atoms with van der Waals surface area (Å²) in [6, 6.07) is 15.0. The number of hydrogen-bond donors (Lipinski definition) is 1. The van der Waals surface area contributed by atoms with E-state index in [2.05, 4.69) is 26.2 Å². The van der Waals surface area contributed by atoms with Gasteiger partial charge in [0.1, 0.15) is 5.75 Å². The Hall–Kier alpha value is -2.55. The molecule has 1 amide bonds. The Morgan fingerprint density at radius 1 is 1.19 bits per heavy atom. The summed E-state index contributed by atoms with van der Waals surface area (Å²) in [7, 11) is 0.469. The van der Waals surface area contributed by atoms with Gasteiger partial charge in [0.25, 0.3) is 5.91 Å². The maximum atomic E-state index is 12.7. The monoisotopic (exact) mass is 500 g/mol. The number of fused-ring (bicyclic) bond motifs is 1. The molecule has 8 heteroatoms. The lowest BCUT2D eigenvalue weighted by atomic mass is 10.1. The van der Waals surface area contributed by atoms with Gasteiger partial charge in [-0.2, -0.15) is 0 Å². The number of carbonyl (C=O) groups excluding carboxylic acids is 1. The number of pyridine rings is 1. The maximum absolute atomic E-state index is 12.7. The van der Waals surface area contributed by atoms with Crippen LogP contribution in [0.15, 0.2) is 64.1 Å².